The van der Waals surface area contributed by atoms with Crippen LogP contribution in [-0.2, 0) is 10.2 Å². The summed E-state index contributed by atoms with van der Waals surface area (Å²) in [7, 11) is 0. The molecule has 8 heteroatoms. The lowest BCUT2D eigenvalue weighted by atomic mass is 9.87. The molecule has 0 aliphatic carbocycles. The van der Waals surface area contributed by atoms with Crippen LogP contribution in [0.25, 0.3) is 0 Å². The van der Waals surface area contributed by atoms with Gasteiger partial charge in [0.25, 0.3) is 5.91 Å². The number of amides is 1. The number of aromatic hydroxyl groups is 1. The molecule has 5 nitrogen and oxygen atoms in total. The molecule has 0 radical (unpaired) electrons. The number of carbonyl (C=O) groups excluding carboxylic acids is 1. The third-order valence-corrected chi connectivity index (χ3v) is 5.72. The number of phenols is 1. The summed E-state index contributed by atoms with van der Waals surface area (Å²) < 4.78 is 7.16. The van der Waals surface area contributed by atoms with E-state index in [0.717, 1.165) is 0 Å². The first-order chi connectivity index (χ1) is 12.6. The van der Waals surface area contributed by atoms with Crippen LogP contribution >= 0.6 is 47.8 Å². The Morgan fingerprint density at radius 3 is 2.41 bits per heavy atom. The minimum atomic E-state index is -0.389. The highest BCUT2D eigenvalue weighted by atomic mass is 79.9. The molecule has 0 aromatic heterocycles. The Balaban J connectivity index is 1.92. The first kappa shape index (κ1) is 21.9. The van der Waals surface area contributed by atoms with Crippen molar-refractivity contribution in [3.8, 4) is 11.5 Å². The van der Waals surface area contributed by atoms with Gasteiger partial charge in [0.1, 0.15) is 11.5 Å². The van der Waals surface area contributed by atoms with Crippen molar-refractivity contribution in [3.05, 3.63) is 54.9 Å². The van der Waals surface area contributed by atoms with Gasteiger partial charge in [-0.05, 0) is 61.0 Å². The molecular weight excluding hydrogens is 544 g/mol. The van der Waals surface area contributed by atoms with E-state index in [1.54, 1.807) is 6.07 Å². The van der Waals surface area contributed by atoms with E-state index in [9.17, 15) is 9.90 Å². The van der Waals surface area contributed by atoms with Crippen LogP contribution in [0, 0.1) is 0 Å². The van der Waals surface area contributed by atoms with Gasteiger partial charge in [0.05, 0.1) is 15.2 Å². The summed E-state index contributed by atoms with van der Waals surface area (Å²) in [4.78, 5) is 11.9. The van der Waals surface area contributed by atoms with Gasteiger partial charge in [-0.2, -0.15) is 5.10 Å². The highest BCUT2D eigenvalue weighted by Crippen LogP contribution is 2.38. The third-order valence-electron chi connectivity index (χ3n) is 3.65. The van der Waals surface area contributed by atoms with E-state index in [-0.39, 0.29) is 23.7 Å². The van der Waals surface area contributed by atoms with Crippen molar-refractivity contribution in [2.45, 2.75) is 26.2 Å². The second-order valence-corrected chi connectivity index (χ2v) is 9.27. The summed E-state index contributed by atoms with van der Waals surface area (Å²) in [5.74, 6) is 0.276. The van der Waals surface area contributed by atoms with E-state index >= 15 is 0 Å². The standard InChI is InChI=1S/C19H19Br3N2O3/c1-19(2,3)11-4-6-12(7-5-11)27-10-16(25)24-23-9-13-14(20)8-15(21)18(26)17(13)22/h4-9,26H,10H2,1-3H3,(H,24,25)/b23-9+. The molecule has 0 aliphatic heterocycles. The van der Waals surface area contributed by atoms with Crippen molar-refractivity contribution in [1.82, 2.24) is 5.43 Å². The molecule has 0 saturated heterocycles. The normalized spacial score (nSPS) is 11.6. The topological polar surface area (TPSA) is 70.9 Å². The van der Waals surface area contributed by atoms with Crippen LogP contribution in [-0.4, -0.2) is 23.8 Å². The molecule has 2 aromatic rings. The first-order valence-corrected chi connectivity index (χ1v) is 10.4. The average Bonchev–Trinajstić information content (AvgIpc) is 2.60. The summed E-state index contributed by atoms with van der Waals surface area (Å²) in [6.45, 7) is 6.25. The minimum Gasteiger partial charge on any atom is -0.506 e. The Labute approximate surface area is 183 Å². The number of ether oxygens (including phenoxy) is 1. The lowest BCUT2D eigenvalue weighted by Gasteiger charge is -2.19. The van der Waals surface area contributed by atoms with Gasteiger partial charge in [-0.3, -0.25) is 4.79 Å². The molecule has 0 atom stereocenters. The van der Waals surface area contributed by atoms with Crippen LogP contribution in [0.15, 0.2) is 48.9 Å². The Kier molecular flexibility index (Phi) is 7.47. The molecule has 0 unspecified atom stereocenters. The van der Waals surface area contributed by atoms with E-state index in [1.165, 1.54) is 11.8 Å². The van der Waals surface area contributed by atoms with Crippen LogP contribution < -0.4 is 10.2 Å². The van der Waals surface area contributed by atoms with Crippen molar-refractivity contribution >= 4 is 59.9 Å². The quantitative estimate of drug-likeness (QED) is 0.373. The zero-order chi connectivity index (χ0) is 20.2. The highest BCUT2D eigenvalue weighted by Gasteiger charge is 2.14. The lowest BCUT2D eigenvalue weighted by Crippen LogP contribution is -2.24. The van der Waals surface area contributed by atoms with Gasteiger partial charge in [0, 0.05) is 10.0 Å². The number of hydrazone groups is 1. The van der Waals surface area contributed by atoms with Crippen LogP contribution in [0.4, 0.5) is 0 Å². The molecule has 27 heavy (non-hydrogen) atoms. The van der Waals surface area contributed by atoms with E-state index in [2.05, 4.69) is 79.1 Å². The van der Waals surface area contributed by atoms with Gasteiger partial charge in [0.15, 0.2) is 6.61 Å². The summed E-state index contributed by atoms with van der Waals surface area (Å²) in [6.07, 6.45) is 1.43. The number of carbonyl (C=O) groups is 1. The molecule has 0 spiro atoms. The zero-order valence-electron chi connectivity index (χ0n) is 15.0. The average molecular weight is 563 g/mol. The van der Waals surface area contributed by atoms with Gasteiger partial charge in [-0.1, -0.05) is 48.8 Å². The number of halogens is 3. The van der Waals surface area contributed by atoms with Crippen LogP contribution in [0.1, 0.15) is 31.9 Å². The molecule has 1 amide bonds. The fraction of sp³-hybridized carbons (Fsp3) is 0.263. The monoisotopic (exact) mass is 560 g/mol. The minimum absolute atomic E-state index is 0.0491. The van der Waals surface area contributed by atoms with E-state index in [1.807, 2.05) is 24.3 Å². The number of rotatable bonds is 5. The molecule has 2 aromatic carbocycles. The molecule has 0 bridgehead atoms. The number of nitrogens with zero attached hydrogens (tertiary/aromatic N) is 1. The van der Waals surface area contributed by atoms with Crippen LogP contribution in [0.2, 0.25) is 0 Å². The number of hydrogen-bond acceptors (Lipinski definition) is 4. The van der Waals surface area contributed by atoms with Crippen LogP contribution in [0.5, 0.6) is 11.5 Å². The molecule has 0 fully saturated rings. The van der Waals surface area contributed by atoms with Crippen molar-refractivity contribution in [2.75, 3.05) is 6.61 Å². The molecule has 0 heterocycles. The molecule has 2 rings (SSSR count). The Morgan fingerprint density at radius 1 is 1.19 bits per heavy atom. The van der Waals surface area contributed by atoms with Crippen molar-refractivity contribution in [1.29, 1.82) is 0 Å². The Hall–Kier alpha value is -1.38. The van der Waals surface area contributed by atoms with Gasteiger partial charge >= 0.3 is 0 Å². The number of nitrogens with one attached hydrogen (secondary N) is 1. The zero-order valence-corrected chi connectivity index (χ0v) is 19.8. The first-order valence-electron chi connectivity index (χ1n) is 8.01. The van der Waals surface area contributed by atoms with E-state index in [0.29, 0.717) is 24.7 Å². The second-order valence-electron chi connectivity index (χ2n) is 6.77. The van der Waals surface area contributed by atoms with Crippen LogP contribution in [0.3, 0.4) is 0 Å². The van der Waals surface area contributed by atoms with Gasteiger partial charge in [-0.15, -0.1) is 0 Å². The molecule has 0 saturated carbocycles. The smallest absolute Gasteiger partial charge is 0.277 e. The number of benzene rings is 2. The maximum Gasteiger partial charge on any atom is 0.277 e. The fourth-order valence-corrected chi connectivity index (χ4v) is 4.44. The predicted octanol–water partition coefficient (Wildman–Crippen LogP) is 5.51. The maximum atomic E-state index is 11.9. The third kappa shape index (κ3) is 6.05. The summed E-state index contributed by atoms with van der Waals surface area (Å²) in [6, 6.07) is 9.35. The maximum absolute atomic E-state index is 11.9. The molecule has 144 valence electrons. The summed E-state index contributed by atoms with van der Waals surface area (Å²) in [5, 5.41) is 13.8. The fourth-order valence-electron chi connectivity index (χ4n) is 2.11. The van der Waals surface area contributed by atoms with Crippen molar-refractivity contribution in [2.24, 2.45) is 5.10 Å². The van der Waals surface area contributed by atoms with Gasteiger partial charge < -0.3 is 9.84 Å². The molecular formula is C19H19Br3N2O3. The second kappa shape index (κ2) is 9.21. The van der Waals surface area contributed by atoms with Gasteiger partial charge in [0.2, 0.25) is 0 Å². The van der Waals surface area contributed by atoms with E-state index in [4.69, 9.17) is 4.74 Å². The van der Waals surface area contributed by atoms with E-state index < -0.39 is 0 Å². The summed E-state index contributed by atoms with van der Waals surface area (Å²) >= 11 is 9.91. The van der Waals surface area contributed by atoms with Crippen molar-refractivity contribution < 1.29 is 14.6 Å². The molecule has 0 aliphatic rings. The number of phenolic OH excluding ortho intramolecular Hbond substituents is 1. The largest absolute Gasteiger partial charge is 0.506 e. The lowest BCUT2D eigenvalue weighted by molar-refractivity contribution is -0.123. The highest BCUT2D eigenvalue weighted by molar-refractivity contribution is 9.11. The summed E-state index contributed by atoms with van der Waals surface area (Å²) in [5.41, 5.74) is 4.24. The van der Waals surface area contributed by atoms with Crippen molar-refractivity contribution in [3.63, 3.8) is 0 Å². The molecule has 2 N–H and O–H groups in total. The predicted molar refractivity (Wildman–Crippen MR) is 118 cm³/mol. The number of hydrogen-bond donors (Lipinski definition) is 2. The van der Waals surface area contributed by atoms with Gasteiger partial charge in [-0.25, -0.2) is 5.43 Å². The Morgan fingerprint density at radius 2 is 1.81 bits per heavy atom. The SMILES string of the molecule is CC(C)(C)c1ccc(OCC(=O)N/N=C/c2c(Br)cc(Br)c(O)c2Br)cc1. The Bertz CT molecular complexity index is 860.